The van der Waals surface area contributed by atoms with Gasteiger partial charge in [-0.3, -0.25) is 4.79 Å². The van der Waals surface area contributed by atoms with E-state index in [1.54, 1.807) is 4.90 Å². The third kappa shape index (κ3) is 4.29. The summed E-state index contributed by atoms with van der Waals surface area (Å²) in [5, 5.41) is 9.96. The van der Waals surface area contributed by atoms with E-state index in [1.165, 1.54) is 6.92 Å². The molecule has 0 bridgehead atoms. The van der Waals surface area contributed by atoms with Gasteiger partial charge in [0, 0.05) is 32.7 Å². The quantitative estimate of drug-likeness (QED) is 0.848. The van der Waals surface area contributed by atoms with E-state index in [2.05, 4.69) is 20.8 Å². The van der Waals surface area contributed by atoms with Crippen LogP contribution in [0, 0.1) is 0 Å². The van der Waals surface area contributed by atoms with Crippen molar-refractivity contribution in [1.29, 1.82) is 0 Å². The smallest absolute Gasteiger partial charge is 0.265 e. The van der Waals surface area contributed by atoms with Gasteiger partial charge in [0.2, 0.25) is 11.8 Å². The van der Waals surface area contributed by atoms with Gasteiger partial charge in [-0.1, -0.05) is 12.1 Å². The van der Waals surface area contributed by atoms with Crippen LogP contribution in [-0.2, 0) is 11.3 Å². The average molecular weight is 303 g/mol. The molecular weight excluding hydrogens is 282 g/mol. The van der Waals surface area contributed by atoms with Gasteiger partial charge in [-0.2, -0.15) is 4.98 Å². The molecular formula is C15H21N5O2. The minimum atomic E-state index is -0.0835. The lowest BCUT2D eigenvalue weighted by Crippen LogP contribution is -2.19. The first-order valence-corrected chi connectivity index (χ1v) is 7.06. The number of hydrogen-bond acceptors (Lipinski definition) is 6. The fourth-order valence-corrected chi connectivity index (χ4v) is 1.95. The molecule has 0 fully saturated rings. The van der Waals surface area contributed by atoms with Crippen molar-refractivity contribution in [3.63, 3.8) is 0 Å². The monoisotopic (exact) mass is 303 g/mol. The van der Waals surface area contributed by atoms with Crippen LogP contribution < -0.4 is 15.5 Å². The van der Waals surface area contributed by atoms with Crippen molar-refractivity contribution < 1.29 is 9.32 Å². The third-order valence-corrected chi connectivity index (χ3v) is 3.12. The third-order valence-electron chi connectivity index (χ3n) is 3.12. The van der Waals surface area contributed by atoms with E-state index in [-0.39, 0.29) is 11.9 Å². The second-order valence-corrected chi connectivity index (χ2v) is 5.29. The first-order chi connectivity index (χ1) is 10.5. The van der Waals surface area contributed by atoms with Gasteiger partial charge < -0.3 is 20.1 Å². The summed E-state index contributed by atoms with van der Waals surface area (Å²) in [7, 11) is 3.72. The summed E-state index contributed by atoms with van der Waals surface area (Å²) >= 11 is 0. The maximum atomic E-state index is 11.1. The minimum Gasteiger partial charge on any atom is -0.344 e. The lowest BCUT2D eigenvalue weighted by atomic mass is 10.1. The first-order valence-electron chi connectivity index (χ1n) is 7.06. The molecule has 22 heavy (non-hydrogen) atoms. The Kier molecular flexibility index (Phi) is 5.11. The minimum absolute atomic E-state index is 0.0835. The van der Waals surface area contributed by atoms with Crippen LogP contribution in [0.1, 0.15) is 31.3 Å². The number of hydrogen-bond donors (Lipinski definition) is 2. The van der Waals surface area contributed by atoms with Crippen LogP contribution in [0.3, 0.4) is 0 Å². The molecule has 0 aliphatic rings. The standard InChI is InChI=1S/C15H21N5O2/c1-10(12-6-5-7-13(8-12)17-11(2)21)16-9-14-18-15(19-22-14)20(3)4/h5-8,10,16H,9H2,1-4H3,(H,17,21)/t10-/m0/s1. The Morgan fingerprint density at radius 3 is 2.82 bits per heavy atom. The van der Waals surface area contributed by atoms with Crippen LogP contribution >= 0.6 is 0 Å². The van der Waals surface area contributed by atoms with Crippen molar-refractivity contribution >= 4 is 17.5 Å². The fraction of sp³-hybridized carbons (Fsp3) is 0.400. The molecule has 2 N–H and O–H groups in total. The van der Waals surface area contributed by atoms with Crippen molar-refractivity contribution in [2.45, 2.75) is 26.4 Å². The van der Waals surface area contributed by atoms with E-state index in [4.69, 9.17) is 4.52 Å². The molecule has 1 aromatic carbocycles. The molecule has 0 radical (unpaired) electrons. The van der Waals surface area contributed by atoms with Crippen LogP contribution in [-0.4, -0.2) is 30.1 Å². The van der Waals surface area contributed by atoms with E-state index in [0.29, 0.717) is 18.4 Å². The number of aromatic nitrogens is 2. The van der Waals surface area contributed by atoms with Crippen molar-refractivity contribution in [2.75, 3.05) is 24.3 Å². The number of rotatable bonds is 6. The second-order valence-electron chi connectivity index (χ2n) is 5.29. The molecule has 0 saturated heterocycles. The van der Waals surface area contributed by atoms with Crippen LogP contribution in [0.2, 0.25) is 0 Å². The Labute approximate surface area is 129 Å². The van der Waals surface area contributed by atoms with Crippen molar-refractivity contribution in [3.8, 4) is 0 Å². The molecule has 0 saturated carbocycles. The zero-order valence-corrected chi connectivity index (χ0v) is 13.3. The molecule has 2 aromatic rings. The molecule has 7 heteroatoms. The lowest BCUT2D eigenvalue weighted by molar-refractivity contribution is -0.114. The fourth-order valence-electron chi connectivity index (χ4n) is 1.95. The largest absolute Gasteiger partial charge is 0.344 e. The first kappa shape index (κ1) is 16.0. The summed E-state index contributed by atoms with van der Waals surface area (Å²) in [6.07, 6.45) is 0. The molecule has 7 nitrogen and oxygen atoms in total. The maximum Gasteiger partial charge on any atom is 0.265 e. The van der Waals surface area contributed by atoms with E-state index in [9.17, 15) is 4.79 Å². The van der Waals surface area contributed by atoms with Gasteiger partial charge in [0.1, 0.15) is 0 Å². The molecule has 1 heterocycles. The normalized spacial score (nSPS) is 12.0. The van der Waals surface area contributed by atoms with Crippen LogP contribution in [0.5, 0.6) is 0 Å². The van der Waals surface area contributed by atoms with Gasteiger partial charge >= 0.3 is 0 Å². The van der Waals surface area contributed by atoms with E-state index in [0.717, 1.165) is 11.3 Å². The SMILES string of the molecule is CC(=O)Nc1cccc([C@H](C)NCc2nc(N(C)C)no2)c1. The predicted octanol–water partition coefficient (Wildman–Crippen LogP) is 1.94. The highest BCUT2D eigenvalue weighted by Gasteiger charge is 2.11. The van der Waals surface area contributed by atoms with Gasteiger partial charge in [0.25, 0.3) is 5.95 Å². The van der Waals surface area contributed by atoms with Crippen LogP contribution in [0.15, 0.2) is 28.8 Å². The van der Waals surface area contributed by atoms with Crippen LogP contribution in [0.4, 0.5) is 11.6 Å². The number of benzene rings is 1. The number of nitrogens with one attached hydrogen (secondary N) is 2. The molecule has 118 valence electrons. The van der Waals surface area contributed by atoms with Gasteiger partial charge in [-0.05, 0) is 29.8 Å². The Balaban J connectivity index is 1.96. The topological polar surface area (TPSA) is 83.3 Å². The van der Waals surface area contributed by atoms with E-state index < -0.39 is 0 Å². The van der Waals surface area contributed by atoms with Gasteiger partial charge in [-0.25, -0.2) is 0 Å². The molecule has 0 unspecified atom stereocenters. The summed E-state index contributed by atoms with van der Waals surface area (Å²) in [4.78, 5) is 17.2. The van der Waals surface area contributed by atoms with E-state index in [1.807, 2.05) is 45.3 Å². The summed E-state index contributed by atoms with van der Waals surface area (Å²) in [5.74, 6) is 1.01. The predicted molar refractivity (Wildman–Crippen MR) is 84.6 cm³/mol. The molecule has 1 atom stereocenters. The van der Waals surface area contributed by atoms with Gasteiger partial charge in [-0.15, -0.1) is 0 Å². The summed E-state index contributed by atoms with van der Waals surface area (Å²) in [6, 6.07) is 7.80. The van der Waals surface area contributed by atoms with Crippen molar-refractivity contribution in [1.82, 2.24) is 15.5 Å². The number of anilines is 2. The maximum absolute atomic E-state index is 11.1. The van der Waals surface area contributed by atoms with Crippen LogP contribution in [0.25, 0.3) is 0 Å². The molecule has 0 spiro atoms. The van der Waals surface area contributed by atoms with Gasteiger partial charge in [0.05, 0.1) is 6.54 Å². The highest BCUT2D eigenvalue weighted by atomic mass is 16.5. The second kappa shape index (κ2) is 7.04. The summed E-state index contributed by atoms with van der Waals surface area (Å²) in [6.45, 7) is 4.01. The highest BCUT2D eigenvalue weighted by molar-refractivity contribution is 5.88. The average Bonchev–Trinajstić information content (AvgIpc) is 2.93. The zero-order valence-electron chi connectivity index (χ0n) is 13.3. The molecule has 0 aliphatic carbocycles. The Morgan fingerprint density at radius 1 is 1.41 bits per heavy atom. The van der Waals surface area contributed by atoms with Crippen molar-refractivity contribution in [2.24, 2.45) is 0 Å². The number of amides is 1. The lowest BCUT2D eigenvalue weighted by Gasteiger charge is -2.14. The molecule has 2 rings (SSSR count). The number of carbonyl (C=O) groups excluding carboxylic acids is 1. The Morgan fingerprint density at radius 2 is 2.18 bits per heavy atom. The molecule has 0 aliphatic heterocycles. The highest BCUT2D eigenvalue weighted by Crippen LogP contribution is 2.18. The molecule has 1 aromatic heterocycles. The number of carbonyl (C=O) groups is 1. The van der Waals surface area contributed by atoms with E-state index >= 15 is 0 Å². The summed E-state index contributed by atoms with van der Waals surface area (Å²) < 4.78 is 5.17. The van der Waals surface area contributed by atoms with Gasteiger partial charge in [0.15, 0.2) is 0 Å². The zero-order chi connectivity index (χ0) is 16.1. The molecule has 1 amide bonds. The number of nitrogens with zero attached hydrogens (tertiary/aromatic N) is 3. The Bertz CT molecular complexity index is 638. The van der Waals surface area contributed by atoms with Crippen molar-refractivity contribution in [3.05, 3.63) is 35.7 Å². The Hall–Kier alpha value is -2.41. The summed E-state index contributed by atoms with van der Waals surface area (Å²) in [5.41, 5.74) is 1.85.